The first-order chi connectivity index (χ1) is 13.1. The zero-order chi connectivity index (χ0) is 20.9. The molecule has 2 aliphatic carbocycles. The van der Waals surface area contributed by atoms with Crippen molar-refractivity contribution in [3.63, 3.8) is 0 Å². The van der Waals surface area contributed by atoms with Crippen LogP contribution in [0.4, 0.5) is 5.69 Å². The summed E-state index contributed by atoms with van der Waals surface area (Å²) in [5.74, 6) is -3.68. The van der Waals surface area contributed by atoms with Crippen LogP contribution in [0.15, 0.2) is 18.2 Å². The maximum atomic E-state index is 13.2. The molecule has 8 nitrogen and oxygen atoms in total. The molecule has 2 aliphatic rings. The van der Waals surface area contributed by atoms with Crippen LogP contribution in [0.25, 0.3) is 0 Å². The highest BCUT2D eigenvalue weighted by Gasteiger charge is 2.72. The van der Waals surface area contributed by atoms with Crippen molar-refractivity contribution in [3.8, 4) is 0 Å². The Labute approximate surface area is 161 Å². The zero-order valence-corrected chi connectivity index (χ0v) is 16.1. The fourth-order valence-electron chi connectivity index (χ4n) is 4.49. The smallest absolute Gasteiger partial charge is 0.337 e. The number of amides is 1. The minimum atomic E-state index is -1.46. The maximum absolute atomic E-state index is 13.2. The fourth-order valence-corrected chi connectivity index (χ4v) is 4.49. The molecule has 1 aromatic carbocycles. The van der Waals surface area contributed by atoms with Crippen LogP contribution in [0.5, 0.6) is 0 Å². The first-order valence-corrected chi connectivity index (χ1v) is 8.82. The Morgan fingerprint density at radius 2 is 1.54 bits per heavy atom. The minimum Gasteiger partial charge on any atom is -0.465 e. The number of carbonyl (C=O) groups is 5. The number of nitrogens with one attached hydrogen (secondary N) is 1. The minimum absolute atomic E-state index is 0.0376. The molecule has 2 fully saturated rings. The molecule has 2 atom stereocenters. The molecule has 1 N–H and O–H groups in total. The van der Waals surface area contributed by atoms with Gasteiger partial charge in [-0.3, -0.25) is 14.4 Å². The van der Waals surface area contributed by atoms with Crippen molar-refractivity contribution in [2.45, 2.75) is 26.7 Å². The van der Waals surface area contributed by atoms with E-state index in [1.165, 1.54) is 32.4 Å². The van der Waals surface area contributed by atoms with E-state index in [0.717, 1.165) is 0 Å². The van der Waals surface area contributed by atoms with Gasteiger partial charge in [-0.15, -0.1) is 0 Å². The van der Waals surface area contributed by atoms with E-state index in [4.69, 9.17) is 0 Å². The lowest BCUT2D eigenvalue weighted by atomic mass is 9.68. The number of hydrogen-bond acceptors (Lipinski definition) is 7. The zero-order valence-electron chi connectivity index (χ0n) is 16.1. The average molecular weight is 387 g/mol. The number of rotatable bonds is 4. The molecular formula is C20H21NO7. The van der Waals surface area contributed by atoms with Crippen LogP contribution >= 0.6 is 0 Å². The third-order valence-electron chi connectivity index (χ3n) is 6.13. The molecule has 1 amide bonds. The van der Waals surface area contributed by atoms with E-state index in [-0.39, 0.29) is 23.2 Å². The molecular weight excluding hydrogens is 366 g/mol. The summed E-state index contributed by atoms with van der Waals surface area (Å²) in [5.41, 5.74) is -2.06. The number of Topliss-reactive ketones (excluding diaryl/α,β-unsaturated/α-hetero) is 2. The van der Waals surface area contributed by atoms with Crippen molar-refractivity contribution in [3.05, 3.63) is 29.3 Å². The van der Waals surface area contributed by atoms with Crippen molar-refractivity contribution in [1.29, 1.82) is 0 Å². The van der Waals surface area contributed by atoms with Crippen molar-refractivity contribution in [1.82, 2.24) is 0 Å². The molecule has 2 unspecified atom stereocenters. The summed E-state index contributed by atoms with van der Waals surface area (Å²) >= 11 is 0. The lowest BCUT2D eigenvalue weighted by Crippen LogP contribution is -2.47. The molecule has 0 radical (unpaired) electrons. The monoisotopic (exact) mass is 387 g/mol. The summed E-state index contributed by atoms with van der Waals surface area (Å²) in [6, 6.07) is 3.96. The molecule has 0 heterocycles. The quantitative estimate of drug-likeness (QED) is 0.475. The molecule has 8 heteroatoms. The summed E-state index contributed by atoms with van der Waals surface area (Å²) in [6.45, 7) is 3.50. The number of carbonyl (C=O) groups excluding carboxylic acids is 5. The van der Waals surface area contributed by atoms with Crippen LogP contribution in [-0.4, -0.2) is 43.6 Å². The van der Waals surface area contributed by atoms with Gasteiger partial charge in [0.15, 0.2) is 0 Å². The summed E-state index contributed by atoms with van der Waals surface area (Å²) in [7, 11) is 2.38. The molecule has 0 aromatic heterocycles. The normalized spacial score (nSPS) is 24.8. The van der Waals surface area contributed by atoms with E-state index in [0.29, 0.717) is 6.42 Å². The highest BCUT2D eigenvalue weighted by Crippen LogP contribution is 2.62. The summed E-state index contributed by atoms with van der Waals surface area (Å²) in [6.07, 6.45) is 0.752. The van der Waals surface area contributed by atoms with Gasteiger partial charge in [-0.2, -0.15) is 0 Å². The molecule has 2 saturated carbocycles. The second-order valence-corrected chi connectivity index (χ2v) is 7.65. The molecule has 148 valence electrons. The Morgan fingerprint density at radius 3 is 1.96 bits per heavy atom. The van der Waals surface area contributed by atoms with E-state index in [9.17, 15) is 24.0 Å². The van der Waals surface area contributed by atoms with E-state index in [2.05, 4.69) is 14.8 Å². The number of ether oxygens (including phenoxy) is 2. The van der Waals surface area contributed by atoms with Gasteiger partial charge in [-0.25, -0.2) is 9.59 Å². The second-order valence-electron chi connectivity index (χ2n) is 7.65. The summed E-state index contributed by atoms with van der Waals surface area (Å²) < 4.78 is 9.35. The highest BCUT2D eigenvalue weighted by atomic mass is 16.5. The van der Waals surface area contributed by atoms with Crippen molar-refractivity contribution >= 4 is 35.1 Å². The van der Waals surface area contributed by atoms with Crippen LogP contribution in [0.2, 0.25) is 0 Å². The van der Waals surface area contributed by atoms with Crippen molar-refractivity contribution in [2.24, 2.45) is 16.7 Å². The van der Waals surface area contributed by atoms with Crippen LogP contribution in [-0.2, 0) is 23.9 Å². The van der Waals surface area contributed by atoms with E-state index in [1.54, 1.807) is 13.8 Å². The Balaban J connectivity index is 2.00. The van der Waals surface area contributed by atoms with Gasteiger partial charge in [0.25, 0.3) is 0 Å². The SMILES string of the molecule is COC(=O)c1cc(NC(=O)C23CCC(C(=O)C2=O)C3(C)C)cc(C(=O)OC)c1. The largest absolute Gasteiger partial charge is 0.465 e. The molecule has 2 bridgehead atoms. The average Bonchev–Trinajstić information content (AvgIpc) is 3.02. The first kappa shape index (κ1) is 19.7. The van der Waals surface area contributed by atoms with Gasteiger partial charge in [-0.05, 0) is 36.5 Å². The van der Waals surface area contributed by atoms with E-state index in [1.807, 2.05) is 0 Å². The molecule has 3 rings (SSSR count). The van der Waals surface area contributed by atoms with E-state index < -0.39 is 46.2 Å². The highest BCUT2D eigenvalue weighted by molar-refractivity contribution is 6.48. The summed E-state index contributed by atoms with van der Waals surface area (Å²) in [5, 5.41) is 2.62. The third-order valence-corrected chi connectivity index (χ3v) is 6.13. The Bertz CT molecular complexity index is 883. The van der Waals surface area contributed by atoms with Crippen LogP contribution in [0.3, 0.4) is 0 Å². The van der Waals surface area contributed by atoms with E-state index >= 15 is 0 Å². The number of anilines is 1. The standard InChI is InChI=1S/C20H21NO7/c1-19(2)13-5-6-20(19,15(23)14(13)22)18(26)21-12-8-10(16(24)27-3)7-11(9-12)17(25)28-4/h7-9,13H,5-6H2,1-4H3,(H,21,26). The number of esters is 2. The molecule has 0 spiro atoms. The Kier molecular flexibility index (Phi) is 4.61. The maximum Gasteiger partial charge on any atom is 0.337 e. The van der Waals surface area contributed by atoms with Crippen LogP contribution < -0.4 is 5.32 Å². The lowest BCUT2D eigenvalue weighted by Gasteiger charge is -2.33. The number of benzene rings is 1. The molecule has 28 heavy (non-hydrogen) atoms. The van der Waals surface area contributed by atoms with Gasteiger partial charge in [0, 0.05) is 11.6 Å². The van der Waals surface area contributed by atoms with Gasteiger partial charge in [0.05, 0.1) is 25.3 Å². The summed E-state index contributed by atoms with van der Waals surface area (Å²) in [4.78, 5) is 61.8. The number of hydrogen-bond donors (Lipinski definition) is 1. The second kappa shape index (κ2) is 6.54. The van der Waals surface area contributed by atoms with Crippen molar-refractivity contribution in [2.75, 3.05) is 19.5 Å². The Hall–Kier alpha value is -3.03. The predicted octanol–water partition coefficient (Wildman–Crippen LogP) is 1.77. The topological polar surface area (TPSA) is 116 Å². The Morgan fingerprint density at radius 1 is 1.00 bits per heavy atom. The third kappa shape index (κ3) is 2.55. The van der Waals surface area contributed by atoms with Crippen molar-refractivity contribution < 1.29 is 33.4 Å². The van der Waals surface area contributed by atoms with Gasteiger partial charge in [0.1, 0.15) is 5.41 Å². The molecule has 0 aliphatic heterocycles. The van der Waals surface area contributed by atoms with Gasteiger partial charge in [0.2, 0.25) is 17.5 Å². The molecule has 0 saturated heterocycles. The number of methoxy groups -OCH3 is 2. The molecule has 1 aromatic rings. The lowest BCUT2D eigenvalue weighted by molar-refractivity contribution is -0.147. The van der Waals surface area contributed by atoms with Crippen LogP contribution in [0, 0.1) is 16.7 Å². The van der Waals surface area contributed by atoms with Crippen LogP contribution in [0.1, 0.15) is 47.4 Å². The van der Waals surface area contributed by atoms with Gasteiger partial charge < -0.3 is 14.8 Å². The van der Waals surface area contributed by atoms with Gasteiger partial charge in [-0.1, -0.05) is 13.8 Å². The van der Waals surface area contributed by atoms with Gasteiger partial charge >= 0.3 is 11.9 Å². The first-order valence-electron chi connectivity index (χ1n) is 8.82. The fraction of sp³-hybridized carbons (Fsp3) is 0.450. The number of ketones is 2. The predicted molar refractivity (Wildman–Crippen MR) is 96.7 cm³/mol. The number of fused-ring (bicyclic) bond motifs is 2.